The van der Waals surface area contributed by atoms with E-state index in [-0.39, 0.29) is 5.91 Å². The number of hydrogen-bond donors (Lipinski definition) is 3. The molecule has 1 fully saturated rings. The number of imide groups is 1. The minimum absolute atomic E-state index is 0.360. The number of hydrogen-bond acceptors (Lipinski definition) is 5. The number of aromatic amines is 1. The topological polar surface area (TPSA) is 99.8 Å². The molecule has 1 aromatic rings. The van der Waals surface area contributed by atoms with Crippen molar-refractivity contribution in [2.45, 2.75) is 55.9 Å². The van der Waals surface area contributed by atoms with E-state index in [1.807, 2.05) is 0 Å². The van der Waals surface area contributed by atoms with Crippen LogP contribution in [-0.2, 0) is 11.2 Å². The predicted molar refractivity (Wildman–Crippen MR) is 84.6 cm³/mol. The summed E-state index contributed by atoms with van der Waals surface area (Å²) in [5.74, 6) is 1.33. The molecule has 1 unspecified atom stereocenters. The second kappa shape index (κ2) is 8.17. The molecule has 8 heteroatoms. The number of nitrogens with one attached hydrogen (secondary N) is 3. The average molecular weight is 325 g/mol. The fourth-order valence-corrected chi connectivity index (χ4v) is 3.31. The van der Waals surface area contributed by atoms with Gasteiger partial charge in [0.05, 0.1) is 5.25 Å². The Morgan fingerprint density at radius 1 is 1.41 bits per heavy atom. The van der Waals surface area contributed by atoms with Gasteiger partial charge in [-0.25, -0.2) is 9.78 Å². The number of rotatable bonds is 6. The van der Waals surface area contributed by atoms with Crippen molar-refractivity contribution in [2.75, 3.05) is 7.05 Å². The first-order valence-corrected chi connectivity index (χ1v) is 8.57. The third-order valence-electron chi connectivity index (χ3n) is 3.89. The van der Waals surface area contributed by atoms with Gasteiger partial charge in [-0.2, -0.15) is 0 Å². The van der Waals surface area contributed by atoms with Crippen LogP contribution < -0.4 is 10.6 Å². The summed E-state index contributed by atoms with van der Waals surface area (Å²) < 4.78 is 0. The van der Waals surface area contributed by atoms with Crippen LogP contribution in [0.25, 0.3) is 0 Å². The number of H-pyrrole nitrogens is 1. The van der Waals surface area contributed by atoms with Crippen LogP contribution in [0.5, 0.6) is 0 Å². The molecule has 1 atom stereocenters. The van der Waals surface area contributed by atoms with E-state index in [0.717, 1.165) is 24.6 Å². The minimum Gasteiger partial charge on any atom is -0.341 e. The van der Waals surface area contributed by atoms with E-state index in [1.165, 1.54) is 44.5 Å². The van der Waals surface area contributed by atoms with Crippen LogP contribution in [0.2, 0.25) is 0 Å². The molecule has 1 aromatic heterocycles. The molecule has 0 saturated heterocycles. The zero-order chi connectivity index (χ0) is 15.9. The minimum atomic E-state index is -0.510. The molecule has 1 saturated carbocycles. The Balaban J connectivity index is 1.78. The van der Waals surface area contributed by atoms with Crippen LogP contribution in [0.3, 0.4) is 0 Å². The van der Waals surface area contributed by atoms with Crippen LogP contribution in [0.1, 0.15) is 44.9 Å². The molecule has 3 N–H and O–H groups in total. The number of thioether (sulfide) groups is 1. The van der Waals surface area contributed by atoms with Crippen molar-refractivity contribution in [1.82, 2.24) is 25.8 Å². The Hall–Kier alpha value is -1.57. The zero-order valence-electron chi connectivity index (χ0n) is 13.0. The summed E-state index contributed by atoms with van der Waals surface area (Å²) in [6.45, 7) is 1.72. The Bertz CT molecular complexity index is 513. The molecule has 0 aromatic carbocycles. The van der Waals surface area contributed by atoms with E-state index in [9.17, 15) is 9.59 Å². The zero-order valence-corrected chi connectivity index (χ0v) is 13.8. The third-order valence-corrected chi connectivity index (χ3v) is 4.85. The van der Waals surface area contributed by atoms with Gasteiger partial charge in [0.1, 0.15) is 5.82 Å². The maximum atomic E-state index is 11.8. The van der Waals surface area contributed by atoms with E-state index in [4.69, 9.17) is 0 Å². The van der Waals surface area contributed by atoms with Crippen LogP contribution in [0, 0.1) is 5.92 Å². The second-order valence-corrected chi connectivity index (χ2v) is 6.89. The van der Waals surface area contributed by atoms with Crippen molar-refractivity contribution in [1.29, 1.82) is 0 Å². The van der Waals surface area contributed by atoms with Gasteiger partial charge in [-0.3, -0.25) is 15.2 Å². The van der Waals surface area contributed by atoms with E-state index >= 15 is 0 Å². The number of nitrogens with zero attached hydrogens (tertiary/aromatic N) is 2. The first-order chi connectivity index (χ1) is 10.6. The molecule has 122 valence electrons. The van der Waals surface area contributed by atoms with E-state index in [0.29, 0.717) is 5.16 Å². The Morgan fingerprint density at radius 2 is 2.14 bits per heavy atom. The summed E-state index contributed by atoms with van der Waals surface area (Å²) >= 11 is 1.24. The fraction of sp³-hybridized carbons (Fsp3) is 0.714. The van der Waals surface area contributed by atoms with Gasteiger partial charge in [-0.15, -0.1) is 5.10 Å². The third kappa shape index (κ3) is 5.01. The highest BCUT2D eigenvalue weighted by molar-refractivity contribution is 8.00. The van der Waals surface area contributed by atoms with Gasteiger partial charge in [-0.05, 0) is 19.3 Å². The van der Waals surface area contributed by atoms with Crippen molar-refractivity contribution in [3.63, 3.8) is 0 Å². The highest BCUT2D eigenvalue weighted by atomic mass is 32.2. The standard InChI is InChI=1S/C14H23N5O2S/c1-9(12(20)17-13(21)15-2)22-14-16-11(18-19-14)8-7-10-5-3-4-6-10/h9-10H,3-8H2,1-2H3,(H,16,18,19)(H2,15,17,20,21). The first kappa shape index (κ1) is 16.8. The molecule has 7 nitrogen and oxygen atoms in total. The van der Waals surface area contributed by atoms with E-state index < -0.39 is 11.3 Å². The van der Waals surface area contributed by atoms with Crippen molar-refractivity contribution < 1.29 is 9.59 Å². The lowest BCUT2D eigenvalue weighted by atomic mass is 10.0. The molecule has 0 spiro atoms. The van der Waals surface area contributed by atoms with Gasteiger partial charge in [0.2, 0.25) is 11.1 Å². The SMILES string of the molecule is CNC(=O)NC(=O)C(C)Sc1n[nH]c(CCC2CCCC2)n1. The number of amides is 3. The van der Waals surface area contributed by atoms with Gasteiger partial charge in [-0.1, -0.05) is 37.4 Å². The van der Waals surface area contributed by atoms with Crippen molar-refractivity contribution in [2.24, 2.45) is 5.92 Å². The molecular weight excluding hydrogens is 302 g/mol. The lowest BCUT2D eigenvalue weighted by Gasteiger charge is -2.08. The molecule has 0 bridgehead atoms. The van der Waals surface area contributed by atoms with Crippen LogP contribution >= 0.6 is 11.8 Å². The largest absolute Gasteiger partial charge is 0.341 e. The first-order valence-electron chi connectivity index (χ1n) is 7.69. The summed E-state index contributed by atoms with van der Waals surface area (Å²) in [4.78, 5) is 27.3. The Labute approximate surface area is 134 Å². The van der Waals surface area contributed by atoms with Crippen molar-refractivity contribution in [3.05, 3.63) is 5.82 Å². The number of aromatic nitrogens is 3. The summed E-state index contributed by atoms with van der Waals surface area (Å²) in [6.07, 6.45) is 7.39. The number of aryl methyl sites for hydroxylation is 1. The predicted octanol–water partition coefficient (Wildman–Crippen LogP) is 1.86. The highest BCUT2D eigenvalue weighted by Gasteiger charge is 2.19. The highest BCUT2D eigenvalue weighted by Crippen LogP contribution is 2.28. The molecule has 1 heterocycles. The fourth-order valence-electron chi connectivity index (χ4n) is 2.57. The number of carbonyl (C=O) groups is 2. The molecule has 1 aliphatic carbocycles. The van der Waals surface area contributed by atoms with Crippen LogP contribution in [0.15, 0.2) is 5.16 Å². The van der Waals surface area contributed by atoms with Crippen LogP contribution in [-0.4, -0.2) is 39.4 Å². The summed E-state index contributed by atoms with van der Waals surface area (Å²) in [5.41, 5.74) is 0. The van der Waals surface area contributed by atoms with Crippen molar-refractivity contribution in [3.8, 4) is 0 Å². The summed E-state index contributed by atoms with van der Waals surface area (Å²) in [7, 11) is 1.46. The van der Waals surface area contributed by atoms with Gasteiger partial charge in [0, 0.05) is 13.5 Å². The molecule has 22 heavy (non-hydrogen) atoms. The lowest BCUT2D eigenvalue weighted by Crippen LogP contribution is -2.41. The van der Waals surface area contributed by atoms with Crippen LogP contribution in [0.4, 0.5) is 4.79 Å². The molecule has 1 aliphatic rings. The monoisotopic (exact) mass is 325 g/mol. The Morgan fingerprint density at radius 3 is 2.82 bits per heavy atom. The average Bonchev–Trinajstić information content (AvgIpc) is 3.16. The van der Waals surface area contributed by atoms with Crippen molar-refractivity contribution >= 4 is 23.7 Å². The molecule has 0 aliphatic heterocycles. The molecular formula is C14H23N5O2S. The lowest BCUT2D eigenvalue weighted by molar-refractivity contribution is -0.119. The molecule has 3 amide bonds. The normalized spacial score (nSPS) is 16.5. The molecule has 0 radical (unpaired) electrons. The van der Waals surface area contributed by atoms with Gasteiger partial charge in [0.15, 0.2) is 0 Å². The summed E-state index contributed by atoms with van der Waals surface area (Å²) in [6, 6.07) is -0.510. The van der Waals surface area contributed by atoms with Gasteiger partial charge in [0.25, 0.3) is 0 Å². The Kier molecular flexibility index (Phi) is 6.23. The van der Waals surface area contributed by atoms with Gasteiger partial charge >= 0.3 is 6.03 Å². The second-order valence-electron chi connectivity index (χ2n) is 5.58. The maximum absolute atomic E-state index is 11.8. The van der Waals surface area contributed by atoms with E-state index in [1.54, 1.807) is 6.92 Å². The number of carbonyl (C=O) groups excluding carboxylic acids is 2. The number of urea groups is 1. The molecule has 2 rings (SSSR count). The smallest absolute Gasteiger partial charge is 0.321 e. The summed E-state index contributed by atoms with van der Waals surface area (Å²) in [5, 5.41) is 11.8. The maximum Gasteiger partial charge on any atom is 0.321 e. The van der Waals surface area contributed by atoms with Gasteiger partial charge < -0.3 is 5.32 Å². The quantitative estimate of drug-likeness (QED) is 0.693. The van der Waals surface area contributed by atoms with E-state index in [2.05, 4.69) is 25.8 Å².